The highest BCUT2D eigenvalue weighted by Gasteiger charge is 2.05. The predicted molar refractivity (Wildman–Crippen MR) is 65.8 cm³/mol. The van der Waals surface area contributed by atoms with Gasteiger partial charge in [-0.05, 0) is 44.1 Å². The van der Waals surface area contributed by atoms with Crippen LogP contribution in [0.15, 0.2) is 36.7 Å². The second kappa shape index (κ2) is 5.59. The van der Waals surface area contributed by atoms with Crippen molar-refractivity contribution in [2.24, 2.45) is 0 Å². The number of aromatic nitrogens is 2. The lowest BCUT2D eigenvalue weighted by Gasteiger charge is -2.01. The van der Waals surface area contributed by atoms with Crippen molar-refractivity contribution < 1.29 is 4.39 Å². The van der Waals surface area contributed by atoms with E-state index in [9.17, 15) is 4.39 Å². The molecule has 17 heavy (non-hydrogen) atoms. The summed E-state index contributed by atoms with van der Waals surface area (Å²) in [6.45, 7) is 0.977. The van der Waals surface area contributed by atoms with Crippen molar-refractivity contribution >= 4 is 0 Å². The molecule has 1 N–H and O–H groups in total. The quantitative estimate of drug-likeness (QED) is 0.802. The van der Waals surface area contributed by atoms with Crippen molar-refractivity contribution in [2.75, 3.05) is 13.6 Å². The van der Waals surface area contributed by atoms with Crippen LogP contribution in [-0.2, 0) is 6.42 Å². The van der Waals surface area contributed by atoms with Gasteiger partial charge in [-0.3, -0.25) is 0 Å². The first-order chi connectivity index (χ1) is 8.31. The number of benzene rings is 1. The molecule has 1 heterocycles. The third-order valence-electron chi connectivity index (χ3n) is 2.63. The second-order valence-corrected chi connectivity index (χ2v) is 3.95. The molecule has 90 valence electrons. The highest BCUT2D eigenvalue weighted by atomic mass is 19.1. The van der Waals surface area contributed by atoms with Gasteiger partial charge < -0.3 is 5.32 Å². The van der Waals surface area contributed by atoms with Crippen LogP contribution >= 0.6 is 0 Å². The Kier molecular flexibility index (Phi) is 3.88. The number of hydrogen-bond acceptors (Lipinski definition) is 2. The maximum Gasteiger partial charge on any atom is 0.148 e. The first-order valence-corrected chi connectivity index (χ1v) is 5.74. The number of nitrogens with one attached hydrogen (secondary N) is 1. The first-order valence-electron chi connectivity index (χ1n) is 5.74. The minimum atomic E-state index is -0.252. The number of halogens is 1. The van der Waals surface area contributed by atoms with Crippen molar-refractivity contribution in [3.8, 4) is 5.69 Å². The summed E-state index contributed by atoms with van der Waals surface area (Å²) in [5.74, 6) is -0.252. The number of aryl methyl sites for hydroxylation is 1. The molecule has 1 aromatic heterocycles. The standard InChI is InChI=1S/C13H16FN3/c1-15-8-4-5-11-9-16-17(10-11)13-7-3-2-6-12(13)14/h2-3,6-7,9-10,15H,4-5,8H2,1H3. The summed E-state index contributed by atoms with van der Waals surface area (Å²) in [5.41, 5.74) is 1.62. The lowest BCUT2D eigenvalue weighted by atomic mass is 10.2. The Morgan fingerprint density at radius 2 is 2.18 bits per heavy atom. The van der Waals surface area contributed by atoms with Crippen LogP contribution in [0.3, 0.4) is 0 Å². The zero-order chi connectivity index (χ0) is 12.1. The van der Waals surface area contributed by atoms with Gasteiger partial charge in [0.05, 0.1) is 6.20 Å². The van der Waals surface area contributed by atoms with E-state index < -0.39 is 0 Å². The lowest BCUT2D eigenvalue weighted by Crippen LogP contribution is -2.08. The summed E-state index contributed by atoms with van der Waals surface area (Å²) in [6, 6.07) is 6.65. The lowest BCUT2D eigenvalue weighted by molar-refractivity contribution is 0.611. The Morgan fingerprint density at radius 3 is 2.94 bits per heavy atom. The van der Waals surface area contributed by atoms with Crippen molar-refractivity contribution in [2.45, 2.75) is 12.8 Å². The molecule has 0 amide bonds. The summed E-state index contributed by atoms with van der Waals surface area (Å²) in [5, 5.41) is 7.28. The molecular weight excluding hydrogens is 217 g/mol. The van der Waals surface area contributed by atoms with E-state index in [1.807, 2.05) is 13.2 Å². The van der Waals surface area contributed by atoms with Crippen LogP contribution in [0.4, 0.5) is 4.39 Å². The molecule has 0 aliphatic carbocycles. The van der Waals surface area contributed by atoms with Crippen molar-refractivity contribution in [1.29, 1.82) is 0 Å². The molecule has 0 saturated heterocycles. The molecule has 0 unspecified atom stereocenters. The minimum absolute atomic E-state index is 0.252. The van der Waals surface area contributed by atoms with Gasteiger partial charge in [-0.15, -0.1) is 0 Å². The molecule has 0 spiro atoms. The van der Waals surface area contributed by atoms with Gasteiger partial charge in [-0.25, -0.2) is 9.07 Å². The van der Waals surface area contributed by atoms with Crippen molar-refractivity contribution in [3.05, 3.63) is 48.0 Å². The second-order valence-electron chi connectivity index (χ2n) is 3.95. The zero-order valence-corrected chi connectivity index (χ0v) is 9.86. The molecule has 0 saturated carbocycles. The Balaban J connectivity index is 2.10. The van der Waals surface area contributed by atoms with E-state index in [2.05, 4.69) is 10.4 Å². The third kappa shape index (κ3) is 2.91. The Labute approximate surface area is 100 Å². The highest BCUT2D eigenvalue weighted by molar-refractivity contribution is 5.32. The summed E-state index contributed by atoms with van der Waals surface area (Å²) < 4.78 is 15.1. The Hall–Kier alpha value is -1.68. The fraction of sp³-hybridized carbons (Fsp3) is 0.308. The maximum atomic E-state index is 13.5. The molecule has 4 heteroatoms. The van der Waals surface area contributed by atoms with Crippen LogP contribution in [0.1, 0.15) is 12.0 Å². The SMILES string of the molecule is CNCCCc1cnn(-c2ccccc2F)c1. The molecule has 0 atom stereocenters. The van der Waals surface area contributed by atoms with Gasteiger partial charge >= 0.3 is 0 Å². The first kappa shape index (κ1) is 11.8. The summed E-state index contributed by atoms with van der Waals surface area (Å²) >= 11 is 0. The van der Waals surface area contributed by atoms with Crippen LogP contribution in [0.25, 0.3) is 5.69 Å². The molecule has 0 aliphatic rings. The van der Waals surface area contributed by atoms with E-state index in [4.69, 9.17) is 0 Å². The van der Waals surface area contributed by atoms with E-state index in [0.29, 0.717) is 5.69 Å². The average Bonchev–Trinajstić information content (AvgIpc) is 2.79. The molecule has 0 bridgehead atoms. The van der Waals surface area contributed by atoms with Gasteiger partial charge in [0, 0.05) is 6.20 Å². The van der Waals surface area contributed by atoms with Gasteiger partial charge in [0.15, 0.2) is 0 Å². The Bertz CT molecular complexity index is 479. The van der Waals surface area contributed by atoms with E-state index in [0.717, 1.165) is 24.9 Å². The van der Waals surface area contributed by atoms with Gasteiger partial charge in [0.1, 0.15) is 11.5 Å². The van der Waals surface area contributed by atoms with Gasteiger partial charge in [-0.1, -0.05) is 12.1 Å². The van der Waals surface area contributed by atoms with E-state index >= 15 is 0 Å². The minimum Gasteiger partial charge on any atom is -0.320 e. The average molecular weight is 233 g/mol. The van der Waals surface area contributed by atoms with Crippen molar-refractivity contribution in [3.63, 3.8) is 0 Å². The number of rotatable bonds is 5. The van der Waals surface area contributed by atoms with Gasteiger partial charge in [-0.2, -0.15) is 5.10 Å². The molecule has 3 nitrogen and oxygen atoms in total. The zero-order valence-electron chi connectivity index (χ0n) is 9.86. The molecule has 0 radical (unpaired) electrons. The predicted octanol–water partition coefficient (Wildman–Crippen LogP) is 2.16. The van der Waals surface area contributed by atoms with Crippen LogP contribution in [0, 0.1) is 5.82 Å². The Morgan fingerprint density at radius 1 is 1.35 bits per heavy atom. The normalized spacial score (nSPS) is 10.7. The van der Waals surface area contributed by atoms with Crippen LogP contribution in [0.5, 0.6) is 0 Å². The van der Waals surface area contributed by atoms with E-state index in [1.165, 1.54) is 6.07 Å². The topological polar surface area (TPSA) is 29.9 Å². The molecule has 2 rings (SSSR count). The van der Waals surface area contributed by atoms with Gasteiger partial charge in [0.2, 0.25) is 0 Å². The molecule has 1 aromatic carbocycles. The fourth-order valence-electron chi connectivity index (χ4n) is 1.73. The molecule has 2 aromatic rings. The largest absolute Gasteiger partial charge is 0.320 e. The summed E-state index contributed by atoms with van der Waals surface area (Å²) in [7, 11) is 1.93. The smallest absolute Gasteiger partial charge is 0.148 e. The van der Waals surface area contributed by atoms with Crippen LogP contribution in [0.2, 0.25) is 0 Å². The summed E-state index contributed by atoms with van der Waals surface area (Å²) in [6.07, 6.45) is 5.69. The fourth-order valence-corrected chi connectivity index (χ4v) is 1.73. The number of hydrogen-bond donors (Lipinski definition) is 1. The maximum absolute atomic E-state index is 13.5. The van der Waals surface area contributed by atoms with Crippen LogP contribution < -0.4 is 5.32 Å². The van der Waals surface area contributed by atoms with Gasteiger partial charge in [0.25, 0.3) is 0 Å². The molecule has 0 fully saturated rings. The number of para-hydroxylation sites is 1. The highest BCUT2D eigenvalue weighted by Crippen LogP contribution is 2.13. The number of nitrogens with zero attached hydrogens (tertiary/aromatic N) is 2. The summed E-state index contributed by atoms with van der Waals surface area (Å²) in [4.78, 5) is 0. The van der Waals surface area contributed by atoms with E-state index in [1.54, 1.807) is 29.1 Å². The van der Waals surface area contributed by atoms with Crippen molar-refractivity contribution in [1.82, 2.24) is 15.1 Å². The van der Waals surface area contributed by atoms with E-state index in [-0.39, 0.29) is 5.82 Å². The van der Waals surface area contributed by atoms with Crippen LogP contribution in [-0.4, -0.2) is 23.4 Å². The molecular formula is C13H16FN3. The third-order valence-corrected chi connectivity index (χ3v) is 2.63. The molecule has 0 aliphatic heterocycles. The monoisotopic (exact) mass is 233 g/mol.